The van der Waals surface area contributed by atoms with Gasteiger partial charge in [0.15, 0.2) is 11.5 Å². The van der Waals surface area contributed by atoms with E-state index in [0.717, 1.165) is 22.3 Å². The molecule has 0 aliphatic heterocycles. The molecule has 0 fully saturated rings. The van der Waals surface area contributed by atoms with Gasteiger partial charge in [-0.3, -0.25) is 4.79 Å². The molecule has 0 spiro atoms. The Morgan fingerprint density at radius 2 is 1.81 bits per heavy atom. The maximum Gasteiger partial charge on any atom is 0.227 e. The van der Waals surface area contributed by atoms with Gasteiger partial charge in [0, 0.05) is 12.4 Å². The molecule has 0 saturated heterocycles. The van der Waals surface area contributed by atoms with Gasteiger partial charge < -0.3 is 18.8 Å². The predicted molar refractivity (Wildman–Crippen MR) is 101 cm³/mol. The van der Waals surface area contributed by atoms with Crippen LogP contribution in [0.4, 0.5) is 0 Å². The van der Waals surface area contributed by atoms with Gasteiger partial charge in [0.05, 0.1) is 26.7 Å². The summed E-state index contributed by atoms with van der Waals surface area (Å²) in [5, 5.41) is 1.04. The first kappa shape index (κ1) is 17.9. The van der Waals surface area contributed by atoms with E-state index in [-0.39, 0.29) is 18.4 Å². The van der Waals surface area contributed by atoms with Gasteiger partial charge in [-0.25, -0.2) is 0 Å². The number of carbonyl (C=O) groups excluding carboxylic acids is 1. The largest absolute Gasteiger partial charge is 0.493 e. The Kier molecular flexibility index (Phi) is 5.16. The van der Waals surface area contributed by atoms with Gasteiger partial charge in [-0.1, -0.05) is 24.3 Å². The number of likely N-dealkylation sites (N-methyl/N-ethyl adjacent to an activating group) is 1. The van der Waals surface area contributed by atoms with Crippen LogP contribution in [0.3, 0.4) is 0 Å². The highest BCUT2D eigenvalue weighted by molar-refractivity contribution is 5.80. The van der Waals surface area contributed by atoms with Gasteiger partial charge in [0.25, 0.3) is 0 Å². The molecule has 2 aromatic carbocycles. The molecule has 0 unspecified atom stereocenters. The lowest BCUT2D eigenvalue weighted by Gasteiger charge is -2.23. The standard InChI is InChI=1S/C21H23NO4/c1-14(19-13-16-7-5-6-8-17(16)26-19)22(2)21(23)12-15-9-10-18(24-3)20(11-15)25-4/h5-11,13-14H,12H2,1-4H3/t14-/m1/s1. The lowest BCUT2D eigenvalue weighted by molar-refractivity contribution is -0.131. The topological polar surface area (TPSA) is 51.9 Å². The van der Waals surface area contributed by atoms with E-state index >= 15 is 0 Å². The molecule has 0 saturated carbocycles. The maximum atomic E-state index is 12.7. The van der Waals surface area contributed by atoms with E-state index in [9.17, 15) is 4.79 Å². The molecule has 3 aromatic rings. The number of methoxy groups -OCH3 is 2. The zero-order chi connectivity index (χ0) is 18.7. The van der Waals surface area contributed by atoms with Crippen LogP contribution in [0.2, 0.25) is 0 Å². The van der Waals surface area contributed by atoms with Crippen LogP contribution in [-0.2, 0) is 11.2 Å². The van der Waals surface area contributed by atoms with Crippen molar-refractivity contribution in [2.24, 2.45) is 0 Å². The zero-order valence-corrected chi connectivity index (χ0v) is 15.5. The van der Waals surface area contributed by atoms with Crippen molar-refractivity contribution >= 4 is 16.9 Å². The third-order valence-corrected chi connectivity index (χ3v) is 4.63. The predicted octanol–water partition coefficient (Wildman–Crippen LogP) is 4.21. The highest BCUT2D eigenvalue weighted by atomic mass is 16.5. The molecule has 0 N–H and O–H groups in total. The molecular formula is C21H23NO4. The number of fused-ring (bicyclic) bond motifs is 1. The Morgan fingerprint density at radius 3 is 2.50 bits per heavy atom. The fourth-order valence-corrected chi connectivity index (χ4v) is 2.91. The number of furan rings is 1. The Hall–Kier alpha value is -2.95. The first-order valence-corrected chi connectivity index (χ1v) is 8.48. The average Bonchev–Trinajstić information content (AvgIpc) is 3.10. The van der Waals surface area contributed by atoms with Crippen LogP contribution in [0.15, 0.2) is 52.9 Å². The summed E-state index contributed by atoms with van der Waals surface area (Å²) in [6.07, 6.45) is 0.279. The first-order valence-electron chi connectivity index (χ1n) is 8.48. The fourth-order valence-electron chi connectivity index (χ4n) is 2.91. The molecule has 0 radical (unpaired) electrons. The summed E-state index contributed by atoms with van der Waals surface area (Å²) in [5.41, 5.74) is 1.70. The van der Waals surface area contributed by atoms with Crippen LogP contribution in [0, 0.1) is 0 Å². The number of hydrogen-bond acceptors (Lipinski definition) is 4. The van der Waals surface area contributed by atoms with Crippen LogP contribution in [0.5, 0.6) is 11.5 Å². The third-order valence-electron chi connectivity index (χ3n) is 4.63. The van der Waals surface area contributed by atoms with Gasteiger partial charge in [-0.15, -0.1) is 0 Å². The Morgan fingerprint density at radius 1 is 1.08 bits per heavy atom. The highest BCUT2D eigenvalue weighted by Gasteiger charge is 2.21. The van der Waals surface area contributed by atoms with Gasteiger partial charge in [-0.2, -0.15) is 0 Å². The number of hydrogen-bond donors (Lipinski definition) is 0. The SMILES string of the molecule is COc1ccc(CC(=O)N(C)[C@H](C)c2cc3ccccc3o2)cc1OC. The number of rotatable bonds is 6. The lowest BCUT2D eigenvalue weighted by Crippen LogP contribution is -2.30. The molecule has 5 heteroatoms. The number of amides is 1. The minimum atomic E-state index is -0.157. The highest BCUT2D eigenvalue weighted by Crippen LogP contribution is 2.29. The molecule has 0 aliphatic rings. The molecule has 0 aliphatic carbocycles. The molecule has 1 amide bonds. The van der Waals surface area contributed by atoms with E-state index in [1.807, 2.05) is 55.5 Å². The second kappa shape index (κ2) is 7.52. The summed E-state index contributed by atoms with van der Waals surface area (Å²) in [6.45, 7) is 1.96. The molecule has 1 aromatic heterocycles. The third kappa shape index (κ3) is 3.52. The molecule has 136 valence electrons. The number of benzene rings is 2. The van der Waals surface area contributed by atoms with Crippen molar-refractivity contribution in [1.82, 2.24) is 4.90 Å². The normalized spacial score (nSPS) is 12.0. The Bertz CT molecular complexity index is 882. The van der Waals surface area contributed by atoms with Crippen molar-refractivity contribution in [3.05, 3.63) is 59.9 Å². The van der Waals surface area contributed by atoms with Crippen molar-refractivity contribution < 1.29 is 18.7 Å². The van der Waals surface area contributed by atoms with E-state index in [2.05, 4.69) is 0 Å². The molecule has 1 heterocycles. The average molecular weight is 353 g/mol. The molecule has 3 rings (SSSR count). The van der Waals surface area contributed by atoms with Crippen LogP contribution >= 0.6 is 0 Å². The minimum absolute atomic E-state index is 0.00479. The van der Waals surface area contributed by atoms with Crippen molar-refractivity contribution in [1.29, 1.82) is 0 Å². The van der Waals surface area contributed by atoms with Crippen molar-refractivity contribution in [2.75, 3.05) is 21.3 Å². The van der Waals surface area contributed by atoms with E-state index in [1.165, 1.54) is 0 Å². The van der Waals surface area contributed by atoms with Gasteiger partial charge in [-0.05, 0) is 36.8 Å². The van der Waals surface area contributed by atoms with Gasteiger partial charge in [0.2, 0.25) is 5.91 Å². The van der Waals surface area contributed by atoms with Gasteiger partial charge >= 0.3 is 0 Å². The zero-order valence-electron chi connectivity index (χ0n) is 15.5. The molecule has 26 heavy (non-hydrogen) atoms. The van der Waals surface area contributed by atoms with Crippen molar-refractivity contribution in [3.63, 3.8) is 0 Å². The smallest absolute Gasteiger partial charge is 0.227 e. The Balaban J connectivity index is 1.74. The molecule has 5 nitrogen and oxygen atoms in total. The molecular weight excluding hydrogens is 330 g/mol. The molecule has 0 bridgehead atoms. The summed E-state index contributed by atoms with van der Waals surface area (Å²) < 4.78 is 16.4. The number of para-hydroxylation sites is 1. The number of carbonyl (C=O) groups is 1. The van der Waals surface area contributed by atoms with Crippen LogP contribution < -0.4 is 9.47 Å². The van der Waals surface area contributed by atoms with E-state index < -0.39 is 0 Å². The summed E-state index contributed by atoms with van der Waals surface area (Å²) >= 11 is 0. The Labute approximate surface area is 153 Å². The summed E-state index contributed by atoms with van der Waals surface area (Å²) in [7, 11) is 4.96. The fraction of sp³-hybridized carbons (Fsp3) is 0.286. The number of ether oxygens (including phenoxy) is 2. The summed E-state index contributed by atoms with van der Waals surface area (Å²) in [5.74, 6) is 2.04. The number of nitrogens with zero attached hydrogens (tertiary/aromatic N) is 1. The van der Waals surface area contributed by atoms with E-state index in [4.69, 9.17) is 13.9 Å². The lowest BCUT2D eigenvalue weighted by atomic mass is 10.1. The second-order valence-corrected chi connectivity index (χ2v) is 6.23. The van der Waals surface area contributed by atoms with Crippen LogP contribution in [0.25, 0.3) is 11.0 Å². The van der Waals surface area contributed by atoms with Crippen molar-refractivity contribution in [3.8, 4) is 11.5 Å². The van der Waals surface area contributed by atoms with Gasteiger partial charge in [0.1, 0.15) is 11.3 Å². The monoisotopic (exact) mass is 353 g/mol. The minimum Gasteiger partial charge on any atom is -0.493 e. The first-order chi connectivity index (χ1) is 12.5. The maximum absolute atomic E-state index is 12.7. The summed E-state index contributed by atoms with van der Waals surface area (Å²) in [6, 6.07) is 15.2. The van der Waals surface area contributed by atoms with E-state index in [0.29, 0.717) is 11.5 Å². The van der Waals surface area contributed by atoms with E-state index in [1.54, 1.807) is 26.2 Å². The van der Waals surface area contributed by atoms with Crippen LogP contribution in [0.1, 0.15) is 24.3 Å². The molecule has 1 atom stereocenters. The summed E-state index contributed by atoms with van der Waals surface area (Å²) in [4.78, 5) is 14.4. The second-order valence-electron chi connectivity index (χ2n) is 6.23. The van der Waals surface area contributed by atoms with Crippen molar-refractivity contribution in [2.45, 2.75) is 19.4 Å². The van der Waals surface area contributed by atoms with Crippen LogP contribution in [-0.4, -0.2) is 32.1 Å². The quantitative estimate of drug-likeness (QED) is 0.666.